The molecule has 160 valence electrons. The van der Waals surface area contributed by atoms with Crippen LogP contribution in [0.4, 0.5) is 4.79 Å². The predicted octanol–water partition coefficient (Wildman–Crippen LogP) is 3.03. The van der Waals surface area contributed by atoms with Crippen LogP contribution in [-0.2, 0) is 4.74 Å². The van der Waals surface area contributed by atoms with Crippen LogP contribution in [0.15, 0.2) is 66.7 Å². The minimum absolute atomic E-state index is 0.0400. The third-order valence-corrected chi connectivity index (χ3v) is 5.53. The zero-order valence-electron chi connectivity index (χ0n) is 16.6. The van der Waals surface area contributed by atoms with Crippen LogP contribution in [0.1, 0.15) is 28.7 Å². The van der Waals surface area contributed by atoms with Gasteiger partial charge >= 0.3 is 6.09 Å². The number of carbonyl (C=O) groups is 1. The summed E-state index contributed by atoms with van der Waals surface area (Å²) in [6, 6.07) is 20.0. The second kappa shape index (κ2) is 8.67. The van der Waals surface area contributed by atoms with E-state index in [0.717, 1.165) is 22.3 Å². The van der Waals surface area contributed by atoms with Crippen molar-refractivity contribution < 1.29 is 30.0 Å². The minimum atomic E-state index is -1.50. The number of fused-ring (bicyclic) bond motifs is 3. The van der Waals surface area contributed by atoms with Gasteiger partial charge in [0.15, 0.2) is 11.5 Å². The Hall–Kier alpha value is -3.55. The lowest BCUT2D eigenvalue weighted by Crippen LogP contribution is -2.36. The molecule has 0 saturated heterocycles. The molecule has 7 heteroatoms. The molecule has 0 radical (unpaired) electrons. The fourth-order valence-corrected chi connectivity index (χ4v) is 3.94. The van der Waals surface area contributed by atoms with E-state index in [9.17, 15) is 25.2 Å². The molecule has 0 bridgehead atoms. The molecule has 0 aliphatic heterocycles. The second-order valence-electron chi connectivity index (χ2n) is 7.43. The van der Waals surface area contributed by atoms with Gasteiger partial charge in [-0.2, -0.15) is 0 Å². The lowest BCUT2D eigenvalue weighted by Gasteiger charge is -2.20. The number of phenols is 2. The molecule has 3 aromatic rings. The summed E-state index contributed by atoms with van der Waals surface area (Å²) in [4.78, 5) is 12.2. The van der Waals surface area contributed by atoms with E-state index in [1.54, 1.807) is 0 Å². The first kappa shape index (κ1) is 20.7. The quantitative estimate of drug-likeness (QED) is 0.391. The van der Waals surface area contributed by atoms with Crippen LogP contribution < -0.4 is 5.32 Å². The first-order chi connectivity index (χ1) is 15.0. The highest BCUT2D eigenvalue weighted by Gasteiger charge is 2.29. The van der Waals surface area contributed by atoms with Gasteiger partial charge in [-0.1, -0.05) is 60.7 Å². The number of aliphatic hydroxyl groups excluding tert-OH is 2. The summed E-state index contributed by atoms with van der Waals surface area (Å²) in [6.45, 7) is -0.168. The van der Waals surface area contributed by atoms with E-state index < -0.39 is 29.8 Å². The Kier molecular flexibility index (Phi) is 5.79. The predicted molar refractivity (Wildman–Crippen MR) is 114 cm³/mol. The summed E-state index contributed by atoms with van der Waals surface area (Å²) in [7, 11) is 0. The molecule has 0 fully saturated rings. The summed E-state index contributed by atoms with van der Waals surface area (Å²) in [5.41, 5.74) is 4.38. The Labute approximate surface area is 179 Å². The zero-order chi connectivity index (χ0) is 22.0. The minimum Gasteiger partial charge on any atom is -0.504 e. The molecule has 4 rings (SSSR count). The molecule has 2 atom stereocenters. The number of hydrogen-bond acceptors (Lipinski definition) is 6. The van der Waals surface area contributed by atoms with Crippen LogP contribution in [-0.4, -0.2) is 45.8 Å². The molecule has 1 aliphatic rings. The van der Waals surface area contributed by atoms with Crippen molar-refractivity contribution in [3.8, 4) is 22.6 Å². The van der Waals surface area contributed by atoms with E-state index in [2.05, 4.69) is 5.32 Å². The zero-order valence-corrected chi connectivity index (χ0v) is 16.6. The van der Waals surface area contributed by atoms with Crippen LogP contribution in [0.5, 0.6) is 11.5 Å². The number of ether oxygens (including phenoxy) is 1. The summed E-state index contributed by atoms with van der Waals surface area (Å²) in [5, 5.41) is 42.2. The van der Waals surface area contributed by atoms with Gasteiger partial charge in [-0.25, -0.2) is 4.79 Å². The van der Waals surface area contributed by atoms with Crippen LogP contribution in [0.25, 0.3) is 11.1 Å². The molecule has 5 N–H and O–H groups in total. The molecule has 7 nitrogen and oxygen atoms in total. The van der Waals surface area contributed by atoms with Crippen molar-refractivity contribution in [3.63, 3.8) is 0 Å². The molecule has 2 unspecified atom stereocenters. The smallest absolute Gasteiger partial charge is 0.407 e. The number of phenolic OH excluding ortho intramolecular Hbond substituents is 2. The van der Waals surface area contributed by atoms with Gasteiger partial charge in [0.1, 0.15) is 18.8 Å². The Bertz CT molecular complexity index is 1050. The van der Waals surface area contributed by atoms with E-state index in [1.165, 1.54) is 18.2 Å². The Balaban J connectivity index is 1.35. The van der Waals surface area contributed by atoms with Crippen molar-refractivity contribution >= 4 is 6.09 Å². The number of nitrogens with one attached hydrogen (secondary N) is 1. The average Bonchev–Trinajstić information content (AvgIpc) is 3.11. The van der Waals surface area contributed by atoms with Crippen molar-refractivity contribution in [2.24, 2.45) is 0 Å². The number of aliphatic hydroxyl groups is 2. The molecule has 1 amide bonds. The average molecular weight is 421 g/mol. The molecule has 0 spiro atoms. The van der Waals surface area contributed by atoms with Gasteiger partial charge in [0, 0.05) is 18.0 Å². The highest BCUT2D eigenvalue weighted by molar-refractivity contribution is 5.79. The largest absolute Gasteiger partial charge is 0.504 e. The molecule has 0 heterocycles. The van der Waals surface area contributed by atoms with Gasteiger partial charge in [-0.3, -0.25) is 0 Å². The van der Waals surface area contributed by atoms with Crippen molar-refractivity contribution in [1.82, 2.24) is 5.32 Å². The third kappa shape index (κ3) is 4.05. The third-order valence-electron chi connectivity index (χ3n) is 5.53. The van der Waals surface area contributed by atoms with E-state index >= 15 is 0 Å². The van der Waals surface area contributed by atoms with Gasteiger partial charge in [-0.15, -0.1) is 0 Å². The van der Waals surface area contributed by atoms with Gasteiger partial charge in [0.05, 0.1) is 0 Å². The lowest BCUT2D eigenvalue weighted by molar-refractivity contribution is 0.0171. The number of amides is 1. The number of para-hydroxylation sites is 1. The molecule has 0 aromatic heterocycles. The fraction of sp³-hybridized carbons (Fsp3) is 0.208. The van der Waals surface area contributed by atoms with Crippen LogP contribution in [0.2, 0.25) is 0 Å². The number of benzene rings is 3. The molecule has 0 saturated carbocycles. The first-order valence-corrected chi connectivity index (χ1v) is 9.93. The maximum atomic E-state index is 12.2. The molecular formula is C24H23NO6. The Morgan fingerprint density at radius 1 is 0.903 bits per heavy atom. The van der Waals surface area contributed by atoms with E-state index in [4.69, 9.17) is 4.74 Å². The normalized spacial score (nSPS) is 14.4. The first-order valence-electron chi connectivity index (χ1n) is 9.93. The maximum absolute atomic E-state index is 12.2. The summed E-state index contributed by atoms with van der Waals surface area (Å²) >= 11 is 0. The number of aromatic hydroxyl groups is 2. The lowest BCUT2D eigenvalue weighted by atomic mass is 9.98. The monoisotopic (exact) mass is 421 g/mol. The van der Waals surface area contributed by atoms with Gasteiger partial charge in [0.2, 0.25) is 0 Å². The number of carbonyl (C=O) groups excluding carboxylic acids is 1. The SMILES string of the molecule is O=C(NCC(O)C(O)c1cccc(O)c1O)OCC1c2ccccc2-c2ccccc21. The van der Waals surface area contributed by atoms with Gasteiger partial charge in [0.25, 0.3) is 0 Å². The number of alkyl carbamates (subject to hydrolysis) is 1. The Morgan fingerprint density at radius 2 is 1.52 bits per heavy atom. The summed E-state index contributed by atoms with van der Waals surface area (Å²) < 4.78 is 5.39. The standard InChI is InChI=1S/C24H23NO6/c26-20-11-5-10-18(22(20)28)23(29)21(27)12-25-24(30)31-13-19-16-8-3-1-6-14(16)15-7-2-4-9-17(15)19/h1-11,19,21,23,26-29H,12-13H2,(H,25,30). The summed E-state index contributed by atoms with van der Waals surface area (Å²) in [6.07, 6.45) is -3.64. The molecule has 31 heavy (non-hydrogen) atoms. The van der Waals surface area contributed by atoms with E-state index in [1.807, 2.05) is 48.5 Å². The Morgan fingerprint density at radius 3 is 2.16 bits per heavy atom. The van der Waals surface area contributed by atoms with Crippen LogP contribution >= 0.6 is 0 Å². The second-order valence-corrected chi connectivity index (χ2v) is 7.43. The molecular weight excluding hydrogens is 398 g/mol. The van der Waals surface area contributed by atoms with Crippen molar-refractivity contribution in [2.75, 3.05) is 13.2 Å². The molecule has 1 aliphatic carbocycles. The van der Waals surface area contributed by atoms with E-state index in [0.29, 0.717) is 0 Å². The topological polar surface area (TPSA) is 119 Å². The van der Waals surface area contributed by atoms with E-state index in [-0.39, 0.29) is 24.6 Å². The highest BCUT2D eigenvalue weighted by atomic mass is 16.5. The fourth-order valence-electron chi connectivity index (χ4n) is 3.94. The molecule has 3 aromatic carbocycles. The highest BCUT2D eigenvalue weighted by Crippen LogP contribution is 2.44. The maximum Gasteiger partial charge on any atom is 0.407 e. The van der Waals surface area contributed by atoms with Crippen molar-refractivity contribution in [1.29, 1.82) is 0 Å². The van der Waals surface area contributed by atoms with Gasteiger partial charge in [-0.05, 0) is 28.3 Å². The summed E-state index contributed by atoms with van der Waals surface area (Å²) in [5.74, 6) is -1.01. The van der Waals surface area contributed by atoms with Crippen LogP contribution in [0.3, 0.4) is 0 Å². The van der Waals surface area contributed by atoms with Crippen molar-refractivity contribution in [2.45, 2.75) is 18.1 Å². The van der Waals surface area contributed by atoms with Crippen molar-refractivity contribution in [3.05, 3.63) is 83.4 Å². The van der Waals surface area contributed by atoms with Crippen LogP contribution in [0, 0.1) is 0 Å². The van der Waals surface area contributed by atoms with Gasteiger partial charge < -0.3 is 30.5 Å². The number of rotatable bonds is 6. The number of hydrogen-bond donors (Lipinski definition) is 5.